The lowest BCUT2D eigenvalue weighted by Gasteiger charge is -2.08. The topological polar surface area (TPSA) is 95.6 Å². The Labute approximate surface area is 156 Å². The summed E-state index contributed by atoms with van der Waals surface area (Å²) in [7, 11) is 0. The van der Waals surface area contributed by atoms with Crippen molar-refractivity contribution in [1.29, 1.82) is 0 Å². The Morgan fingerprint density at radius 2 is 1.92 bits per heavy atom. The molecule has 25 heavy (non-hydrogen) atoms. The second kappa shape index (κ2) is 6.79. The average molecular weight is 399 g/mol. The van der Waals surface area contributed by atoms with Gasteiger partial charge in [-0.05, 0) is 18.2 Å². The summed E-state index contributed by atoms with van der Waals surface area (Å²) in [4.78, 5) is 23.8. The van der Waals surface area contributed by atoms with Crippen LogP contribution in [0.4, 0.5) is 5.82 Å². The van der Waals surface area contributed by atoms with E-state index in [1.807, 2.05) is 0 Å². The summed E-state index contributed by atoms with van der Waals surface area (Å²) < 4.78 is 1.18. The molecule has 10 heteroatoms. The van der Waals surface area contributed by atoms with Crippen molar-refractivity contribution in [3.63, 3.8) is 0 Å². The van der Waals surface area contributed by atoms with Crippen LogP contribution >= 0.6 is 34.8 Å². The van der Waals surface area contributed by atoms with Gasteiger partial charge in [0.05, 0.1) is 27.5 Å². The van der Waals surface area contributed by atoms with Crippen molar-refractivity contribution in [3.05, 3.63) is 62.5 Å². The Hall–Kier alpha value is -2.48. The number of anilines is 1. The molecule has 2 heterocycles. The minimum absolute atomic E-state index is 0.209. The molecule has 0 spiro atoms. The Kier molecular flexibility index (Phi) is 4.71. The Morgan fingerprint density at radius 3 is 2.56 bits per heavy atom. The third kappa shape index (κ3) is 3.34. The quantitative estimate of drug-likeness (QED) is 0.585. The zero-order chi connectivity index (χ0) is 18.1. The van der Waals surface area contributed by atoms with Crippen LogP contribution in [-0.4, -0.2) is 25.9 Å². The molecule has 2 aromatic heterocycles. The summed E-state index contributed by atoms with van der Waals surface area (Å²) in [5.41, 5.74) is 0.750. The molecule has 0 atom stereocenters. The molecule has 0 aliphatic rings. The van der Waals surface area contributed by atoms with Crippen LogP contribution in [0.5, 0.6) is 0 Å². The number of carbonyl (C=O) groups excluding carboxylic acids is 1. The molecule has 7 nitrogen and oxygen atoms in total. The lowest BCUT2D eigenvalue weighted by Crippen LogP contribution is -2.14. The van der Waals surface area contributed by atoms with Crippen molar-refractivity contribution < 1.29 is 4.79 Å². The maximum Gasteiger partial charge on any atom is 0.271 e. The van der Waals surface area contributed by atoms with Gasteiger partial charge in [-0.1, -0.05) is 41.4 Å². The number of rotatable bonds is 4. The van der Waals surface area contributed by atoms with Crippen LogP contribution in [0.15, 0.2) is 41.8 Å². The number of halogens is 3. The van der Waals surface area contributed by atoms with Gasteiger partial charge in [0.15, 0.2) is 0 Å². The molecule has 0 aliphatic heterocycles. The number of H-pyrrole nitrogens is 2. The van der Waals surface area contributed by atoms with E-state index in [2.05, 4.69) is 27.2 Å². The number of carbonyl (C=O) groups is 1. The van der Waals surface area contributed by atoms with Crippen LogP contribution in [0, 0.1) is 0 Å². The highest BCUT2D eigenvalue weighted by molar-refractivity contribution is 6.40. The van der Waals surface area contributed by atoms with Gasteiger partial charge >= 0.3 is 0 Å². The fourth-order valence-corrected chi connectivity index (χ4v) is 3.19. The molecule has 3 rings (SSSR count). The van der Waals surface area contributed by atoms with Crippen LogP contribution in [0.25, 0.3) is 16.9 Å². The molecule has 0 aliphatic carbocycles. The minimum atomic E-state index is -0.420. The van der Waals surface area contributed by atoms with Crippen molar-refractivity contribution in [2.45, 2.75) is 0 Å². The lowest BCUT2D eigenvalue weighted by molar-refractivity contribution is -0.111. The molecule has 0 saturated carbocycles. The van der Waals surface area contributed by atoms with Gasteiger partial charge in [-0.3, -0.25) is 19.8 Å². The fraction of sp³-hybridized carbons (Fsp3) is 0. The molecule has 1 aromatic carbocycles. The first-order valence-electron chi connectivity index (χ1n) is 6.85. The summed E-state index contributed by atoms with van der Waals surface area (Å²) in [6.45, 7) is 3.38. The summed E-state index contributed by atoms with van der Waals surface area (Å²) in [5, 5.41) is 12.7. The maximum absolute atomic E-state index is 12.4. The summed E-state index contributed by atoms with van der Waals surface area (Å²) in [5.74, 6) is -0.109. The number of benzene rings is 1. The first-order valence-corrected chi connectivity index (χ1v) is 7.98. The fourth-order valence-electron chi connectivity index (χ4n) is 2.21. The van der Waals surface area contributed by atoms with E-state index in [0.717, 1.165) is 6.08 Å². The van der Waals surface area contributed by atoms with E-state index in [0.29, 0.717) is 22.1 Å². The third-order valence-corrected chi connectivity index (χ3v) is 4.08. The van der Waals surface area contributed by atoms with Crippen LogP contribution in [-0.2, 0) is 4.79 Å². The molecule has 0 saturated heterocycles. The van der Waals surface area contributed by atoms with Crippen LogP contribution < -0.4 is 10.9 Å². The number of nitrogens with one attached hydrogen (secondary N) is 3. The molecule has 128 valence electrons. The van der Waals surface area contributed by atoms with Gasteiger partial charge in [-0.25, -0.2) is 4.68 Å². The number of hydrogen-bond donors (Lipinski definition) is 3. The predicted octanol–water partition coefficient (Wildman–Crippen LogP) is 3.64. The largest absolute Gasteiger partial charge is 0.307 e. The van der Waals surface area contributed by atoms with Crippen molar-refractivity contribution in [2.24, 2.45) is 0 Å². The number of aromatic nitrogens is 4. The van der Waals surface area contributed by atoms with E-state index in [4.69, 9.17) is 34.8 Å². The standard InChI is InChI=1S/C15H10Cl3N5O2/c1-2-12(24)20-15-8(6-19-21-15)11-5-13(25)23(22-11)14-9(17)3-7(16)4-10(14)18/h2-6,22H,1H2,(H2,19,20,21,24). The number of amides is 1. The van der Waals surface area contributed by atoms with Gasteiger partial charge in [0.25, 0.3) is 5.56 Å². The highest BCUT2D eigenvalue weighted by Gasteiger charge is 2.17. The molecule has 0 radical (unpaired) electrons. The maximum atomic E-state index is 12.4. The minimum Gasteiger partial charge on any atom is -0.307 e. The Bertz CT molecular complexity index is 1010. The molecular formula is C15H10Cl3N5O2. The third-order valence-electron chi connectivity index (χ3n) is 3.29. The van der Waals surface area contributed by atoms with Gasteiger partial charge in [0.1, 0.15) is 11.5 Å². The van der Waals surface area contributed by atoms with E-state index in [-0.39, 0.29) is 15.7 Å². The molecule has 0 fully saturated rings. The predicted molar refractivity (Wildman–Crippen MR) is 97.8 cm³/mol. The smallest absolute Gasteiger partial charge is 0.271 e. The van der Waals surface area contributed by atoms with E-state index >= 15 is 0 Å². The molecule has 0 bridgehead atoms. The molecule has 0 unspecified atom stereocenters. The number of hydrogen-bond acceptors (Lipinski definition) is 3. The van der Waals surface area contributed by atoms with Gasteiger partial charge in [0, 0.05) is 11.1 Å². The summed E-state index contributed by atoms with van der Waals surface area (Å²) in [6, 6.07) is 4.28. The first-order chi connectivity index (χ1) is 11.9. The number of aromatic amines is 2. The molecule has 3 aromatic rings. The lowest BCUT2D eigenvalue weighted by atomic mass is 10.2. The Balaban J connectivity index is 2.09. The normalized spacial score (nSPS) is 10.7. The zero-order valence-corrected chi connectivity index (χ0v) is 14.7. The average Bonchev–Trinajstić information content (AvgIpc) is 3.13. The number of nitrogens with zero attached hydrogens (tertiary/aromatic N) is 2. The molecule has 3 N–H and O–H groups in total. The second-order valence-electron chi connectivity index (χ2n) is 4.91. The second-order valence-corrected chi connectivity index (χ2v) is 6.16. The van der Waals surface area contributed by atoms with Gasteiger partial charge < -0.3 is 5.32 Å². The van der Waals surface area contributed by atoms with Crippen molar-refractivity contribution >= 4 is 46.5 Å². The van der Waals surface area contributed by atoms with Gasteiger partial charge in [-0.2, -0.15) is 5.10 Å². The van der Waals surface area contributed by atoms with Crippen molar-refractivity contribution in [3.8, 4) is 16.9 Å². The highest BCUT2D eigenvalue weighted by atomic mass is 35.5. The highest BCUT2D eigenvalue weighted by Crippen LogP contribution is 2.32. The van der Waals surface area contributed by atoms with E-state index in [9.17, 15) is 9.59 Å². The van der Waals surface area contributed by atoms with E-state index < -0.39 is 11.5 Å². The zero-order valence-electron chi connectivity index (χ0n) is 12.4. The monoisotopic (exact) mass is 397 g/mol. The summed E-state index contributed by atoms with van der Waals surface area (Å²) in [6.07, 6.45) is 2.57. The van der Waals surface area contributed by atoms with Gasteiger partial charge in [0.2, 0.25) is 5.91 Å². The van der Waals surface area contributed by atoms with Crippen molar-refractivity contribution in [1.82, 2.24) is 20.0 Å². The Morgan fingerprint density at radius 1 is 1.24 bits per heavy atom. The van der Waals surface area contributed by atoms with Crippen molar-refractivity contribution in [2.75, 3.05) is 5.32 Å². The SMILES string of the molecule is C=CC(=O)Nc1[nH]ncc1-c1cc(=O)n(-c2c(Cl)cc(Cl)cc2Cl)[nH]1. The van der Waals surface area contributed by atoms with E-state index in [1.165, 1.54) is 29.1 Å². The summed E-state index contributed by atoms with van der Waals surface area (Å²) >= 11 is 18.2. The van der Waals surface area contributed by atoms with Gasteiger partial charge in [-0.15, -0.1) is 0 Å². The van der Waals surface area contributed by atoms with Crippen LogP contribution in [0.3, 0.4) is 0 Å². The van der Waals surface area contributed by atoms with Crippen LogP contribution in [0.2, 0.25) is 15.1 Å². The first kappa shape index (κ1) is 17.3. The molecule has 1 amide bonds. The molecular weight excluding hydrogens is 389 g/mol. The van der Waals surface area contributed by atoms with E-state index in [1.54, 1.807) is 0 Å². The van der Waals surface area contributed by atoms with Crippen LogP contribution in [0.1, 0.15) is 0 Å².